The minimum absolute atomic E-state index is 0.141. The lowest BCUT2D eigenvalue weighted by Gasteiger charge is -2.15. The van der Waals surface area contributed by atoms with E-state index in [-0.39, 0.29) is 17.9 Å². The van der Waals surface area contributed by atoms with Gasteiger partial charge in [0.1, 0.15) is 0 Å². The molecule has 2 amide bonds. The first-order valence-corrected chi connectivity index (χ1v) is 7.84. The van der Waals surface area contributed by atoms with Crippen LogP contribution in [0.5, 0.6) is 0 Å². The first kappa shape index (κ1) is 16.6. The van der Waals surface area contributed by atoms with Crippen LogP contribution in [0.1, 0.15) is 41.5 Å². The van der Waals surface area contributed by atoms with Gasteiger partial charge in [0.25, 0.3) is 11.6 Å². The van der Waals surface area contributed by atoms with Gasteiger partial charge in [-0.15, -0.1) is 0 Å². The molecule has 1 atom stereocenters. The van der Waals surface area contributed by atoms with E-state index >= 15 is 0 Å². The van der Waals surface area contributed by atoms with Gasteiger partial charge in [0, 0.05) is 18.8 Å². The molecule has 0 bridgehead atoms. The molecule has 2 aromatic heterocycles. The zero-order chi connectivity index (χ0) is 18.0. The largest absolute Gasteiger partial charge is 0.345 e. The lowest BCUT2D eigenvalue weighted by atomic mass is 10.1. The molecule has 3 rings (SSSR count). The van der Waals surface area contributed by atoms with Gasteiger partial charge in [0.2, 0.25) is 5.91 Å². The van der Waals surface area contributed by atoms with Crippen LogP contribution in [-0.2, 0) is 4.79 Å². The van der Waals surface area contributed by atoms with Crippen molar-refractivity contribution in [3.63, 3.8) is 0 Å². The lowest BCUT2D eigenvalue weighted by molar-refractivity contribution is -0.114. The SMILES string of the molecule is CC(=O)Nc1cccc([C@H](C)NC(=O)c2cnc3onc(C)c3c2)c1. The minimum atomic E-state index is -0.243. The summed E-state index contributed by atoms with van der Waals surface area (Å²) in [4.78, 5) is 27.8. The molecule has 0 unspecified atom stereocenters. The highest BCUT2D eigenvalue weighted by Gasteiger charge is 2.15. The standard InChI is InChI=1S/C18H18N4O3/c1-10(13-5-4-6-15(7-13)21-12(3)23)20-17(24)14-8-16-11(2)22-25-18(16)19-9-14/h4-10H,1-3H3,(H,20,24)(H,21,23)/t10-/m0/s1. The van der Waals surface area contributed by atoms with E-state index < -0.39 is 0 Å². The molecular weight excluding hydrogens is 320 g/mol. The second kappa shape index (κ2) is 6.72. The molecule has 25 heavy (non-hydrogen) atoms. The molecule has 0 aliphatic carbocycles. The molecule has 0 saturated carbocycles. The summed E-state index contributed by atoms with van der Waals surface area (Å²) in [5.41, 5.74) is 3.10. The van der Waals surface area contributed by atoms with Gasteiger partial charge in [-0.05, 0) is 37.6 Å². The van der Waals surface area contributed by atoms with Crippen LogP contribution in [0.3, 0.4) is 0 Å². The molecule has 0 aliphatic rings. The monoisotopic (exact) mass is 338 g/mol. The maximum atomic E-state index is 12.5. The van der Waals surface area contributed by atoms with Crippen molar-refractivity contribution in [1.82, 2.24) is 15.5 Å². The van der Waals surface area contributed by atoms with E-state index in [0.717, 1.165) is 5.56 Å². The normalized spacial score (nSPS) is 12.0. The van der Waals surface area contributed by atoms with Crippen molar-refractivity contribution >= 4 is 28.6 Å². The van der Waals surface area contributed by atoms with Crippen LogP contribution in [0.25, 0.3) is 11.1 Å². The van der Waals surface area contributed by atoms with Gasteiger partial charge in [-0.25, -0.2) is 4.98 Å². The van der Waals surface area contributed by atoms with Crippen LogP contribution < -0.4 is 10.6 Å². The number of rotatable bonds is 4. The highest BCUT2D eigenvalue weighted by Crippen LogP contribution is 2.20. The van der Waals surface area contributed by atoms with Gasteiger partial charge < -0.3 is 15.2 Å². The summed E-state index contributed by atoms with van der Waals surface area (Å²) < 4.78 is 5.05. The number of carbonyl (C=O) groups is 2. The fourth-order valence-corrected chi connectivity index (χ4v) is 2.52. The zero-order valence-corrected chi connectivity index (χ0v) is 14.2. The number of amides is 2. The first-order chi connectivity index (χ1) is 11.9. The van der Waals surface area contributed by atoms with Gasteiger partial charge >= 0.3 is 0 Å². The van der Waals surface area contributed by atoms with Gasteiger partial charge in [-0.3, -0.25) is 9.59 Å². The molecule has 0 fully saturated rings. The first-order valence-electron chi connectivity index (χ1n) is 7.84. The number of aromatic nitrogens is 2. The second-order valence-electron chi connectivity index (χ2n) is 5.85. The number of nitrogens with one attached hydrogen (secondary N) is 2. The van der Waals surface area contributed by atoms with E-state index in [1.807, 2.05) is 25.1 Å². The van der Waals surface area contributed by atoms with Gasteiger partial charge in [0.15, 0.2) is 0 Å². The number of hydrogen-bond acceptors (Lipinski definition) is 5. The van der Waals surface area contributed by atoms with Crippen molar-refractivity contribution in [2.45, 2.75) is 26.8 Å². The van der Waals surface area contributed by atoms with E-state index in [9.17, 15) is 9.59 Å². The zero-order valence-electron chi connectivity index (χ0n) is 14.2. The van der Waals surface area contributed by atoms with Crippen molar-refractivity contribution in [2.75, 3.05) is 5.32 Å². The molecule has 3 aromatic rings. The maximum absolute atomic E-state index is 12.5. The number of hydrogen-bond donors (Lipinski definition) is 2. The Bertz CT molecular complexity index is 948. The molecule has 2 N–H and O–H groups in total. The summed E-state index contributed by atoms with van der Waals surface area (Å²) in [5, 5.41) is 10.2. The Labute approximate surface area is 144 Å². The Balaban J connectivity index is 1.77. The fraction of sp³-hybridized carbons (Fsp3) is 0.222. The van der Waals surface area contributed by atoms with E-state index in [1.165, 1.54) is 13.1 Å². The van der Waals surface area contributed by atoms with Crippen LogP contribution >= 0.6 is 0 Å². The third-order valence-electron chi connectivity index (χ3n) is 3.83. The van der Waals surface area contributed by atoms with Crippen LogP contribution in [0.2, 0.25) is 0 Å². The average molecular weight is 338 g/mol. The predicted octanol–water partition coefficient (Wildman–Crippen LogP) is 2.98. The van der Waals surface area contributed by atoms with Gasteiger partial charge in [0.05, 0.1) is 22.7 Å². The molecule has 0 aliphatic heterocycles. The lowest BCUT2D eigenvalue weighted by Crippen LogP contribution is -2.26. The number of aryl methyl sites for hydroxylation is 1. The van der Waals surface area contributed by atoms with Crippen molar-refractivity contribution in [2.24, 2.45) is 0 Å². The van der Waals surface area contributed by atoms with E-state index in [1.54, 1.807) is 19.1 Å². The molecule has 0 spiro atoms. The van der Waals surface area contributed by atoms with Gasteiger partial charge in [-0.1, -0.05) is 17.3 Å². The Kier molecular flexibility index (Phi) is 4.47. The predicted molar refractivity (Wildman–Crippen MR) is 93.2 cm³/mol. The topological polar surface area (TPSA) is 97.1 Å². The Morgan fingerprint density at radius 1 is 1.24 bits per heavy atom. The van der Waals surface area contributed by atoms with Crippen LogP contribution in [0.15, 0.2) is 41.1 Å². The second-order valence-corrected chi connectivity index (χ2v) is 5.85. The molecule has 128 valence electrons. The molecule has 7 nitrogen and oxygen atoms in total. The highest BCUT2D eigenvalue weighted by atomic mass is 16.5. The maximum Gasteiger partial charge on any atom is 0.257 e. The highest BCUT2D eigenvalue weighted by molar-refractivity contribution is 5.97. The van der Waals surface area contributed by atoms with Gasteiger partial charge in [-0.2, -0.15) is 0 Å². The van der Waals surface area contributed by atoms with Crippen molar-refractivity contribution in [3.8, 4) is 0 Å². The van der Waals surface area contributed by atoms with E-state index in [0.29, 0.717) is 28.0 Å². The third-order valence-corrected chi connectivity index (χ3v) is 3.83. The van der Waals surface area contributed by atoms with E-state index in [2.05, 4.69) is 20.8 Å². The van der Waals surface area contributed by atoms with E-state index in [4.69, 9.17) is 4.52 Å². The molecule has 1 aromatic carbocycles. The summed E-state index contributed by atoms with van der Waals surface area (Å²) in [6, 6.07) is 8.83. The molecular formula is C18H18N4O3. The number of pyridine rings is 1. The third kappa shape index (κ3) is 3.65. The molecule has 0 saturated heterocycles. The van der Waals surface area contributed by atoms with Crippen molar-refractivity contribution in [3.05, 3.63) is 53.3 Å². The number of anilines is 1. The quantitative estimate of drug-likeness (QED) is 0.762. The Hall–Kier alpha value is -3.22. The fourth-order valence-electron chi connectivity index (χ4n) is 2.52. The summed E-state index contributed by atoms with van der Waals surface area (Å²) in [6.45, 7) is 5.13. The number of fused-ring (bicyclic) bond motifs is 1. The molecule has 7 heteroatoms. The summed E-state index contributed by atoms with van der Waals surface area (Å²) in [6.07, 6.45) is 1.46. The van der Waals surface area contributed by atoms with Crippen molar-refractivity contribution in [1.29, 1.82) is 0 Å². The summed E-state index contributed by atoms with van der Waals surface area (Å²) >= 11 is 0. The van der Waals surface area contributed by atoms with Crippen LogP contribution in [0, 0.1) is 6.92 Å². The summed E-state index contributed by atoms with van der Waals surface area (Å²) in [5.74, 6) is -0.385. The van der Waals surface area contributed by atoms with Crippen LogP contribution in [-0.4, -0.2) is 22.0 Å². The average Bonchev–Trinajstić information content (AvgIpc) is 2.95. The Morgan fingerprint density at radius 2 is 2.04 bits per heavy atom. The number of nitrogens with zero attached hydrogens (tertiary/aromatic N) is 2. The number of benzene rings is 1. The number of carbonyl (C=O) groups excluding carboxylic acids is 2. The smallest absolute Gasteiger partial charge is 0.257 e. The van der Waals surface area contributed by atoms with Crippen molar-refractivity contribution < 1.29 is 14.1 Å². The van der Waals surface area contributed by atoms with Crippen LogP contribution in [0.4, 0.5) is 5.69 Å². The molecule has 0 radical (unpaired) electrons. The Morgan fingerprint density at radius 3 is 2.80 bits per heavy atom. The minimum Gasteiger partial charge on any atom is -0.345 e. The molecule has 2 heterocycles. The summed E-state index contributed by atoms with van der Waals surface area (Å²) in [7, 11) is 0.